The average molecular weight is 194 g/mol. The highest BCUT2D eigenvalue weighted by Gasteiger charge is 2.11. The van der Waals surface area contributed by atoms with Crippen LogP contribution in [0.25, 0.3) is 0 Å². The second-order valence-electron chi connectivity index (χ2n) is 4.07. The molecule has 0 radical (unpaired) electrons. The molecule has 0 aromatic carbocycles. The molecule has 0 saturated heterocycles. The maximum atomic E-state index is 2.37. The molecule has 0 aromatic heterocycles. The normalized spacial score (nSPS) is 16.6. The van der Waals surface area contributed by atoms with Crippen molar-refractivity contribution in [3.05, 3.63) is 24.3 Å². The van der Waals surface area contributed by atoms with Gasteiger partial charge < -0.3 is 0 Å². The molecule has 0 nitrogen and oxygen atoms in total. The van der Waals surface area contributed by atoms with Crippen molar-refractivity contribution in [1.82, 2.24) is 0 Å². The molecule has 82 valence electrons. The lowest BCUT2D eigenvalue weighted by atomic mass is 9.87. The van der Waals surface area contributed by atoms with E-state index >= 15 is 0 Å². The molecule has 2 unspecified atom stereocenters. The van der Waals surface area contributed by atoms with Gasteiger partial charge in [-0.3, -0.25) is 0 Å². The fraction of sp³-hybridized carbons (Fsp3) is 0.714. The molecule has 0 N–H and O–H groups in total. The quantitative estimate of drug-likeness (QED) is 0.502. The third kappa shape index (κ3) is 6.01. The Labute approximate surface area is 90.1 Å². The second-order valence-corrected chi connectivity index (χ2v) is 4.07. The van der Waals surface area contributed by atoms with Gasteiger partial charge in [-0.15, -0.1) is 0 Å². The molecular formula is C14H26. The summed E-state index contributed by atoms with van der Waals surface area (Å²) in [6.45, 7) is 8.95. The summed E-state index contributed by atoms with van der Waals surface area (Å²) >= 11 is 0. The lowest BCUT2D eigenvalue weighted by Gasteiger charge is -2.18. The van der Waals surface area contributed by atoms with Gasteiger partial charge in [0, 0.05) is 0 Å². The van der Waals surface area contributed by atoms with Gasteiger partial charge in [0.25, 0.3) is 0 Å². The Morgan fingerprint density at radius 1 is 1.14 bits per heavy atom. The molecule has 0 heteroatoms. The van der Waals surface area contributed by atoms with Crippen LogP contribution in [0.1, 0.15) is 53.4 Å². The highest BCUT2D eigenvalue weighted by atomic mass is 14.2. The van der Waals surface area contributed by atoms with Crippen LogP contribution in [-0.4, -0.2) is 0 Å². The van der Waals surface area contributed by atoms with Crippen LogP contribution in [0.3, 0.4) is 0 Å². The van der Waals surface area contributed by atoms with Crippen molar-refractivity contribution >= 4 is 0 Å². The summed E-state index contributed by atoms with van der Waals surface area (Å²) in [5.74, 6) is 1.56. The van der Waals surface area contributed by atoms with Gasteiger partial charge in [-0.2, -0.15) is 0 Å². The lowest BCUT2D eigenvalue weighted by Crippen LogP contribution is -2.08. The minimum absolute atomic E-state index is 0.739. The molecule has 0 bridgehead atoms. The standard InChI is InChI=1S/C14H26/c1-5-8-9-12-14(11-7-3)13(4)10-6-2/h7-9,11,13-14H,5-6,10,12H2,1-4H3. The monoisotopic (exact) mass is 194 g/mol. The van der Waals surface area contributed by atoms with E-state index in [1.807, 2.05) is 0 Å². The number of rotatable bonds is 7. The third-order valence-electron chi connectivity index (χ3n) is 2.73. The van der Waals surface area contributed by atoms with Gasteiger partial charge >= 0.3 is 0 Å². The largest absolute Gasteiger partial charge is 0.0914 e. The van der Waals surface area contributed by atoms with E-state index in [9.17, 15) is 0 Å². The molecule has 0 saturated carbocycles. The zero-order valence-electron chi connectivity index (χ0n) is 10.3. The Bertz CT molecular complexity index is 165. The molecular weight excluding hydrogens is 168 g/mol. The third-order valence-corrected chi connectivity index (χ3v) is 2.73. The van der Waals surface area contributed by atoms with Crippen molar-refractivity contribution in [2.24, 2.45) is 11.8 Å². The van der Waals surface area contributed by atoms with Crippen molar-refractivity contribution in [2.75, 3.05) is 0 Å². The number of allylic oxidation sites excluding steroid dienone is 4. The van der Waals surface area contributed by atoms with Crippen LogP contribution in [-0.2, 0) is 0 Å². The van der Waals surface area contributed by atoms with Crippen molar-refractivity contribution < 1.29 is 0 Å². The van der Waals surface area contributed by atoms with Gasteiger partial charge in [0.15, 0.2) is 0 Å². The van der Waals surface area contributed by atoms with E-state index in [-0.39, 0.29) is 0 Å². The molecule has 0 aliphatic carbocycles. The van der Waals surface area contributed by atoms with Crippen LogP contribution >= 0.6 is 0 Å². The van der Waals surface area contributed by atoms with Gasteiger partial charge in [-0.1, -0.05) is 57.9 Å². The zero-order valence-corrected chi connectivity index (χ0v) is 10.3. The average Bonchev–Trinajstić information content (AvgIpc) is 2.17. The van der Waals surface area contributed by atoms with E-state index in [0.29, 0.717) is 0 Å². The first-order chi connectivity index (χ1) is 6.76. The summed E-state index contributed by atoms with van der Waals surface area (Å²) in [7, 11) is 0. The minimum atomic E-state index is 0.739. The summed E-state index contributed by atoms with van der Waals surface area (Å²) in [6, 6.07) is 0. The zero-order chi connectivity index (χ0) is 10.8. The highest BCUT2D eigenvalue weighted by molar-refractivity contribution is 4.94. The first kappa shape index (κ1) is 13.5. The van der Waals surface area contributed by atoms with Gasteiger partial charge in [0.2, 0.25) is 0 Å². The van der Waals surface area contributed by atoms with Gasteiger partial charge in [0.1, 0.15) is 0 Å². The molecule has 0 aromatic rings. The molecule has 0 rings (SSSR count). The van der Waals surface area contributed by atoms with Crippen LogP contribution in [0.2, 0.25) is 0 Å². The summed E-state index contributed by atoms with van der Waals surface area (Å²) in [6.07, 6.45) is 14.2. The van der Waals surface area contributed by atoms with Crippen LogP contribution in [0.15, 0.2) is 24.3 Å². The van der Waals surface area contributed by atoms with Gasteiger partial charge in [0.05, 0.1) is 0 Å². The summed E-state index contributed by atoms with van der Waals surface area (Å²) in [4.78, 5) is 0. The van der Waals surface area contributed by atoms with E-state index in [2.05, 4.69) is 52.0 Å². The smallest absolute Gasteiger partial charge is 0.0173 e. The van der Waals surface area contributed by atoms with E-state index in [0.717, 1.165) is 18.3 Å². The van der Waals surface area contributed by atoms with E-state index < -0.39 is 0 Å². The fourth-order valence-corrected chi connectivity index (χ4v) is 1.84. The summed E-state index contributed by atoms with van der Waals surface area (Å²) in [5.41, 5.74) is 0. The van der Waals surface area contributed by atoms with Crippen molar-refractivity contribution in [1.29, 1.82) is 0 Å². The SMILES string of the molecule is CC=CC(CC=CCC)C(C)CCC. The van der Waals surface area contributed by atoms with E-state index in [1.54, 1.807) is 0 Å². The molecule has 14 heavy (non-hydrogen) atoms. The van der Waals surface area contributed by atoms with Gasteiger partial charge in [-0.25, -0.2) is 0 Å². The Morgan fingerprint density at radius 2 is 1.86 bits per heavy atom. The molecule has 0 spiro atoms. The lowest BCUT2D eigenvalue weighted by molar-refractivity contribution is 0.399. The predicted octanol–water partition coefficient (Wildman–Crippen LogP) is 4.97. The van der Waals surface area contributed by atoms with E-state index in [4.69, 9.17) is 0 Å². The van der Waals surface area contributed by atoms with Crippen LogP contribution in [0, 0.1) is 11.8 Å². The number of hydrogen-bond donors (Lipinski definition) is 0. The van der Waals surface area contributed by atoms with Gasteiger partial charge in [-0.05, 0) is 31.6 Å². The topological polar surface area (TPSA) is 0 Å². The summed E-state index contributed by atoms with van der Waals surface area (Å²) < 4.78 is 0. The van der Waals surface area contributed by atoms with E-state index in [1.165, 1.54) is 19.3 Å². The molecule has 2 atom stereocenters. The Balaban J connectivity index is 4.06. The fourth-order valence-electron chi connectivity index (χ4n) is 1.84. The maximum Gasteiger partial charge on any atom is -0.0173 e. The Hall–Kier alpha value is -0.520. The Kier molecular flexibility index (Phi) is 8.72. The first-order valence-electron chi connectivity index (χ1n) is 6.04. The van der Waals surface area contributed by atoms with Crippen molar-refractivity contribution in [2.45, 2.75) is 53.4 Å². The molecule has 0 aliphatic rings. The highest BCUT2D eigenvalue weighted by Crippen LogP contribution is 2.22. The van der Waals surface area contributed by atoms with Crippen molar-refractivity contribution in [3.8, 4) is 0 Å². The van der Waals surface area contributed by atoms with Crippen LogP contribution < -0.4 is 0 Å². The second kappa shape index (κ2) is 9.05. The molecule has 0 aliphatic heterocycles. The molecule has 0 fully saturated rings. The predicted molar refractivity (Wildman–Crippen MR) is 66.4 cm³/mol. The first-order valence-corrected chi connectivity index (χ1v) is 6.04. The molecule has 0 heterocycles. The molecule has 0 amide bonds. The maximum absolute atomic E-state index is 2.37. The number of hydrogen-bond acceptors (Lipinski definition) is 0. The Morgan fingerprint density at radius 3 is 2.36 bits per heavy atom. The van der Waals surface area contributed by atoms with Crippen LogP contribution in [0.4, 0.5) is 0 Å². The minimum Gasteiger partial charge on any atom is -0.0914 e. The van der Waals surface area contributed by atoms with Crippen LogP contribution in [0.5, 0.6) is 0 Å². The van der Waals surface area contributed by atoms with Crippen molar-refractivity contribution in [3.63, 3.8) is 0 Å². The summed E-state index contributed by atoms with van der Waals surface area (Å²) in [5, 5.41) is 0.